The maximum absolute atomic E-state index is 12.1. The Morgan fingerprint density at radius 2 is 1.44 bits per heavy atom. The van der Waals surface area contributed by atoms with Crippen LogP contribution in [0.3, 0.4) is 0 Å². The van der Waals surface area contributed by atoms with Crippen molar-refractivity contribution in [1.82, 2.24) is 4.90 Å². The smallest absolute Gasteiger partial charge is 0.235 e. The summed E-state index contributed by atoms with van der Waals surface area (Å²) >= 11 is 0. The van der Waals surface area contributed by atoms with E-state index in [1.165, 1.54) is 4.90 Å². The largest absolute Gasteiger partial charge is 0.372 e. The van der Waals surface area contributed by atoms with Gasteiger partial charge in [-0.3, -0.25) is 14.5 Å². The molecule has 4 saturated heterocycles. The summed E-state index contributed by atoms with van der Waals surface area (Å²) in [6, 6.07) is 0. The molecule has 0 aromatic rings. The number of amides is 2. The van der Waals surface area contributed by atoms with Crippen molar-refractivity contribution in [2.45, 2.75) is 24.4 Å². The minimum atomic E-state index is -0.259. The molecule has 0 aromatic heterocycles. The van der Waals surface area contributed by atoms with Gasteiger partial charge in [-0.25, -0.2) is 0 Å². The molecular weight excluding hydrogens is 234 g/mol. The highest BCUT2D eigenvalue weighted by Gasteiger charge is 2.72. The van der Waals surface area contributed by atoms with E-state index in [1.54, 1.807) is 7.05 Å². The summed E-state index contributed by atoms with van der Waals surface area (Å²) in [7, 11) is 1.58. The molecule has 5 heterocycles. The number of carbonyl (C=O) groups excluding carboxylic acids is 2. The van der Waals surface area contributed by atoms with Crippen molar-refractivity contribution < 1.29 is 19.1 Å². The molecule has 5 heteroatoms. The first kappa shape index (κ1) is 9.69. The second kappa shape index (κ2) is 2.70. The third-order valence-corrected chi connectivity index (χ3v) is 5.41. The zero-order valence-electron chi connectivity index (χ0n) is 9.85. The minimum absolute atomic E-state index is 0.0669. The van der Waals surface area contributed by atoms with Gasteiger partial charge in [0, 0.05) is 18.9 Å². The fourth-order valence-electron chi connectivity index (χ4n) is 4.74. The van der Waals surface area contributed by atoms with Crippen LogP contribution in [0.5, 0.6) is 0 Å². The Hall–Kier alpha value is -1.20. The topological polar surface area (TPSA) is 55.8 Å². The van der Waals surface area contributed by atoms with Crippen LogP contribution in [0.15, 0.2) is 12.2 Å². The van der Waals surface area contributed by atoms with Crippen LogP contribution in [-0.2, 0) is 19.1 Å². The molecule has 94 valence electrons. The van der Waals surface area contributed by atoms with E-state index in [9.17, 15) is 9.59 Å². The molecule has 0 N–H and O–H groups in total. The molecule has 5 aliphatic heterocycles. The lowest BCUT2D eigenvalue weighted by Gasteiger charge is -2.30. The summed E-state index contributed by atoms with van der Waals surface area (Å²) in [5.74, 6) is -0.107. The van der Waals surface area contributed by atoms with Crippen LogP contribution in [0.2, 0.25) is 0 Å². The molecule has 0 saturated carbocycles. The molecule has 5 rings (SSSR count). The van der Waals surface area contributed by atoms with Crippen LogP contribution in [0.1, 0.15) is 0 Å². The monoisotopic (exact) mass is 247 g/mol. The van der Waals surface area contributed by atoms with Crippen LogP contribution in [0.25, 0.3) is 0 Å². The molecule has 0 aliphatic carbocycles. The van der Waals surface area contributed by atoms with E-state index in [0.29, 0.717) is 0 Å². The highest BCUT2D eigenvalue weighted by molar-refractivity contribution is 6.06. The molecule has 5 nitrogen and oxygen atoms in total. The number of hydrogen-bond acceptors (Lipinski definition) is 4. The maximum Gasteiger partial charge on any atom is 0.235 e. The van der Waals surface area contributed by atoms with Crippen LogP contribution in [0, 0.1) is 23.7 Å². The van der Waals surface area contributed by atoms with E-state index in [-0.39, 0.29) is 59.9 Å². The summed E-state index contributed by atoms with van der Waals surface area (Å²) in [6.07, 6.45) is 4.10. The Balaban J connectivity index is 1.62. The van der Waals surface area contributed by atoms with Crippen molar-refractivity contribution >= 4 is 11.8 Å². The first-order valence-corrected chi connectivity index (χ1v) is 6.49. The normalized spacial score (nSPS) is 58.8. The van der Waals surface area contributed by atoms with Crippen molar-refractivity contribution in [3.8, 4) is 0 Å². The first-order valence-electron chi connectivity index (χ1n) is 6.49. The Morgan fingerprint density at radius 1 is 0.944 bits per heavy atom. The van der Waals surface area contributed by atoms with Gasteiger partial charge in [0.2, 0.25) is 11.8 Å². The van der Waals surface area contributed by atoms with Crippen molar-refractivity contribution in [3.63, 3.8) is 0 Å². The first-order chi connectivity index (χ1) is 8.68. The minimum Gasteiger partial charge on any atom is -0.372 e. The van der Waals surface area contributed by atoms with E-state index in [1.807, 2.05) is 0 Å². The van der Waals surface area contributed by atoms with Crippen LogP contribution >= 0.6 is 0 Å². The quantitative estimate of drug-likeness (QED) is 0.430. The van der Waals surface area contributed by atoms with Crippen LogP contribution < -0.4 is 0 Å². The Morgan fingerprint density at radius 3 is 1.94 bits per heavy atom. The van der Waals surface area contributed by atoms with E-state index >= 15 is 0 Å². The van der Waals surface area contributed by atoms with Gasteiger partial charge in [-0.1, -0.05) is 12.2 Å². The molecule has 5 aliphatic rings. The van der Waals surface area contributed by atoms with Gasteiger partial charge in [0.05, 0.1) is 36.3 Å². The van der Waals surface area contributed by atoms with Gasteiger partial charge in [0.1, 0.15) is 0 Å². The van der Waals surface area contributed by atoms with Gasteiger partial charge in [0.25, 0.3) is 0 Å². The zero-order chi connectivity index (χ0) is 12.2. The lowest BCUT2D eigenvalue weighted by Crippen LogP contribution is -2.44. The predicted molar refractivity (Wildman–Crippen MR) is 58.2 cm³/mol. The van der Waals surface area contributed by atoms with Gasteiger partial charge >= 0.3 is 0 Å². The van der Waals surface area contributed by atoms with Crippen LogP contribution in [0.4, 0.5) is 0 Å². The van der Waals surface area contributed by atoms with Crippen molar-refractivity contribution in [3.05, 3.63) is 12.2 Å². The van der Waals surface area contributed by atoms with Gasteiger partial charge < -0.3 is 9.47 Å². The fourth-order valence-corrected chi connectivity index (χ4v) is 4.74. The number of ether oxygens (including phenoxy) is 2. The lowest BCUT2D eigenvalue weighted by atomic mass is 9.65. The third kappa shape index (κ3) is 0.788. The molecule has 4 fully saturated rings. The SMILES string of the molecule is CN1C(=O)[C@@H]2[C@H](C1=O)[C@@H]1O[C@H]2C2C1[C@@H]1C=C[C@H]2O1. The van der Waals surface area contributed by atoms with E-state index in [0.717, 1.165) is 0 Å². The van der Waals surface area contributed by atoms with E-state index in [4.69, 9.17) is 9.47 Å². The molecular formula is C13H13NO4. The lowest BCUT2D eigenvalue weighted by molar-refractivity contribution is -0.141. The Kier molecular flexibility index (Phi) is 1.45. The zero-order valence-corrected chi connectivity index (χ0v) is 9.85. The average molecular weight is 247 g/mol. The van der Waals surface area contributed by atoms with Gasteiger partial charge in [-0.15, -0.1) is 0 Å². The second-order valence-electron chi connectivity index (χ2n) is 5.96. The summed E-state index contributed by atoms with van der Waals surface area (Å²) in [4.78, 5) is 25.6. The van der Waals surface area contributed by atoms with Crippen molar-refractivity contribution in [1.29, 1.82) is 0 Å². The van der Waals surface area contributed by atoms with Gasteiger partial charge in [0.15, 0.2) is 0 Å². The average Bonchev–Trinajstić information content (AvgIpc) is 3.11. The number of imide groups is 1. The summed E-state index contributed by atoms with van der Waals surface area (Å²) in [5, 5.41) is 0. The molecule has 0 spiro atoms. The fraction of sp³-hybridized carbons (Fsp3) is 0.692. The van der Waals surface area contributed by atoms with Gasteiger partial charge in [-0.2, -0.15) is 0 Å². The second-order valence-corrected chi connectivity index (χ2v) is 5.96. The van der Waals surface area contributed by atoms with E-state index < -0.39 is 0 Å². The Bertz CT molecular complexity index is 473. The third-order valence-electron chi connectivity index (χ3n) is 5.41. The van der Waals surface area contributed by atoms with Gasteiger partial charge in [-0.05, 0) is 0 Å². The number of nitrogens with zero attached hydrogens (tertiary/aromatic N) is 1. The molecule has 0 aromatic carbocycles. The molecule has 2 amide bonds. The molecule has 2 unspecified atom stereocenters. The molecule has 4 bridgehead atoms. The standard InChI is InChI=1S/C13H13NO4/c1-14-12(15)8-9(13(14)16)11-7-5-3-2-4(17-5)6(7)10(8)18-11/h2-11H,1H3/t4-,5+,6?,7?,8-,9+,10+,11-. The maximum atomic E-state index is 12.1. The van der Waals surface area contributed by atoms with Crippen molar-refractivity contribution in [2.75, 3.05) is 7.05 Å². The number of likely N-dealkylation sites (tertiary alicyclic amines) is 1. The number of hydrogen-bond donors (Lipinski definition) is 0. The number of rotatable bonds is 0. The van der Waals surface area contributed by atoms with Crippen LogP contribution in [-0.4, -0.2) is 48.2 Å². The van der Waals surface area contributed by atoms with Crippen molar-refractivity contribution in [2.24, 2.45) is 23.7 Å². The summed E-state index contributed by atoms with van der Waals surface area (Å²) < 4.78 is 11.8. The van der Waals surface area contributed by atoms with E-state index in [2.05, 4.69) is 12.2 Å². The molecule has 8 atom stereocenters. The summed E-state index contributed by atoms with van der Waals surface area (Å²) in [6.45, 7) is 0. The highest BCUT2D eigenvalue weighted by Crippen LogP contribution is 2.60. The Labute approximate surface area is 104 Å². The number of fused-ring (bicyclic) bond motifs is 12. The molecule has 0 radical (unpaired) electrons. The number of carbonyl (C=O) groups is 2. The summed E-state index contributed by atoms with van der Waals surface area (Å²) in [5.41, 5.74) is 0. The predicted octanol–water partition coefficient (Wildman–Crippen LogP) is -0.432. The highest BCUT2D eigenvalue weighted by atomic mass is 16.5. The molecule has 18 heavy (non-hydrogen) atoms.